The fourth-order valence-electron chi connectivity index (χ4n) is 2.68. The molecular formula is C21H27N5O2. The van der Waals surface area contributed by atoms with Gasteiger partial charge >= 0.3 is 0 Å². The highest BCUT2D eigenvalue weighted by molar-refractivity contribution is 5.92. The lowest BCUT2D eigenvalue weighted by atomic mass is 9.87. The highest BCUT2D eigenvalue weighted by atomic mass is 16.5. The van der Waals surface area contributed by atoms with Crippen molar-refractivity contribution >= 4 is 5.91 Å². The summed E-state index contributed by atoms with van der Waals surface area (Å²) in [4.78, 5) is 12.3. The third kappa shape index (κ3) is 5.00. The van der Waals surface area contributed by atoms with Gasteiger partial charge in [0.25, 0.3) is 5.91 Å². The van der Waals surface area contributed by atoms with Crippen LogP contribution in [0.5, 0.6) is 5.75 Å². The van der Waals surface area contributed by atoms with Crippen LogP contribution in [-0.4, -0.2) is 25.5 Å². The lowest BCUT2D eigenvalue weighted by Crippen LogP contribution is -2.24. The van der Waals surface area contributed by atoms with Crippen molar-refractivity contribution in [3.63, 3.8) is 0 Å². The molecule has 7 nitrogen and oxygen atoms in total. The number of hydrogen-bond acceptors (Lipinski definition) is 4. The van der Waals surface area contributed by atoms with E-state index in [-0.39, 0.29) is 18.1 Å². The Morgan fingerprint density at radius 3 is 2.39 bits per heavy atom. The molecule has 2 aromatic heterocycles. The second kappa shape index (κ2) is 8.29. The van der Waals surface area contributed by atoms with Gasteiger partial charge in [-0.2, -0.15) is 10.2 Å². The second-order valence-corrected chi connectivity index (χ2v) is 7.63. The zero-order valence-corrected chi connectivity index (χ0v) is 16.8. The molecule has 0 aliphatic carbocycles. The average Bonchev–Trinajstić information content (AvgIpc) is 3.33. The van der Waals surface area contributed by atoms with E-state index in [1.54, 1.807) is 16.9 Å². The van der Waals surface area contributed by atoms with E-state index in [4.69, 9.17) is 4.74 Å². The van der Waals surface area contributed by atoms with E-state index in [0.29, 0.717) is 12.2 Å². The number of nitrogens with one attached hydrogen (secondary N) is 1. The van der Waals surface area contributed by atoms with E-state index in [1.807, 2.05) is 36.0 Å². The van der Waals surface area contributed by atoms with Crippen LogP contribution in [-0.2, 0) is 25.2 Å². The number of hydrogen-bond donors (Lipinski definition) is 1. The van der Waals surface area contributed by atoms with Crippen molar-refractivity contribution in [1.29, 1.82) is 0 Å². The summed E-state index contributed by atoms with van der Waals surface area (Å²) in [5.74, 6) is 0.528. The Kier molecular flexibility index (Phi) is 5.82. The molecule has 0 bridgehead atoms. The number of nitrogens with zero attached hydrogens (tertiary/aromatic N) is 4. The standard InChI is InChI=1S/C21H27N5O2/c1-5-25-12-10-17(23-25)14-22-20(27)19-11-13-26(24-19)15-28-18-8-6-16(7-9-18)21(2,3)4/h6-13H,5,14-15H2,1-4H3,(H,22,27). The number of benzene rings is 1. The van der Waals surface area contributed by atoms with Gasteiger partial charge in [-0.05, 0) is 42.2 Å². The molecule has 0 saturated carbocycles. The number of carbonyl (C=O) groups excluding carboxylic acids is 1. The van der Waals surface area contributed by atoms with Crippen molar-refractivity contribution in [1.82, 2.24) is 24.9 Å². The quantitative estimate of drug-likeness (QED) is 0.681. The molecule has 0 radical (unpaired) electrons. The van der Waals surface area contributed by atoms with Crippen molar-refractivity contribution in [2.45, 2.75) is 52.9 Å². The third-order valence-electron chi connectivity index (χ3n) is 4.41. The van der Waals surface area contributed by atoms with Crippen LogP contribution in [0.1, 0.15) is 49.4 Å². The van der Waals surface area contributed by atoms with Crippen LogP contribution in [0.15, 0.2) is 48.8 Å². The average molecular weight is 381 g/mol. The highest BCUT2D eigenvalue weighted by Gasteiger charge is 2.13. The Bertz CT molecular complexity index is 919. The molecule has 7 heteroatoms. The van der Waals surface area contributed by atoms with E-state index in [9.17, 15) is 4.79 Å². The first kappa shape index (κ1) is 19.7. The maximum absolute atomic E-state index is 12.3. The van der Waals surface area contributed by atoms with Gasteiger partial charge in [0.1, 0.15) is 11.4 Å². The van der Waals surface area contributed by atoms with Crippen molar-refractivity contribution < 1.29 is 9.53 Å². The van der Waals surface area contributed by atoms with Crippen molar-refractivity contribution in [3.05, 3.63) is 65.7 Å². The molecule has 1 N–H and O–H groups in total. The SMILES string of the molecule is CCn1ccc(CNC(=O)c2ccn(COc3ccc(C(C)(C)C)cc3)n2)n1. The minimum atomic E-state index is -0.237. The Balaban J connectivity index is 1.51. The third-order valence-corrected chi connectivity index (χ3v) is 4.41. The van der Waals surface area contributed by atoms with E-state index < -0.39 is 0 Å². The van der Waals surface area contributed by atoms with Crippen LogP contribution in [0.2, 0.25) is 0 Å². The molecule has 2 heterocycles. The number of aromatic nitrogens is 4. The second-order valence-electron chi connectivity index (χ2n) is 7.63. The summed E-state index contributed by atoms with van der Waals surface area (Å²) in [6, 6.07) is 11.6. The molecule has 148 valence electrons. The van der Waals surface area contributed by atoms with Gasteiger partial charge in [-0.25, -0.2) is 4.68 Å². The lowest BCUT2D eigenvalue weighted by molar-refractivity contribution is 0.0943. The zero-order valence-electron chi connectivity index (χ0n) is 16.8. The fraction of sp³-hybridized carbons (Fsp3) is 0.381. The van der Waals surface area contributed by atoms with Crippen molar-refractivity contribution in [2.24, 2.45) is 0 Å². The Morgan fingerprint density at radius 1 is 1.04 bits per heavy atom. The molecule has 0 aliphatic rings. The minimum Gasteiger partial charge on any atom is -0.471 e. The van der Waals surface area contributed by atoms with E-state index >= 15 is 0 Å². The smallest absolute Gasteiger partial charge is 0.272 e. The molecule has 0 atom stereocenters. The largest absolute Gasteiger partial charge is 0.471 e. The molecule has 1 amide bonds. The normalized spacial score (nSPS) is 11.4. The predicted octanol–water partition coefficient (Wildman–Crippen LogP) is 3.36. The monoisotopic (exact) mass is 381 g/mol. The summed E-state index contributed by atoms with van der Waals surface area (Å²) in [6.07, 6.45) is 3.62. The Morgan fingerprint density at radius 2 is 1.75 bits per heavy atom. The summed E-state index contributed by atoms with van der Waals surface area (Å²) < 4.78 is 9.17. The van der Waals surface area contributed by atoms with Crippen LogP contribution >= 0.6 is 0 Å². The first-order chi connectivity index (χ1) is 13.3. The molecular weight excluding hydrogens is 354 g/mol. The van der Waals surface area contributed by atoms with Crippen LogP contribution in [0.3, 0.4) is 0 Å². The van der Waals surface area contributed by atoms with Gasteiger partial charge in [-0.1, -0.05) is 32.9 Å². The maximum Gasteiger partial charge on any atom is 0.272 e. The number of carbonyl (C=O) groups is 1. The first-order valence-electron chi connectivity index (χ1n) is 9.42. The number of amides is 1. The molecule has 0 spiro atoms. The molecule has 0 fully saturated rings. The highest BCUT2D eigenvalue weighted by Crippen LogP contribution is 2.24. The number of rotatable bonds is 7. The molecule has 28 heavy (non-hydrogen) atoms. The van der Waals surface area contributed by atoms with Gasteiger partial charge in [0, 0.05) is 18.9 Å². The van der Waals surface area contributed by atoms with Crippen molar-refractivity contribution in [2.75, 3.05) is 0 Å². The molecule has 0 aliphatic heterocycles. The number of ether oxygens (including phenoxy) is 1. The van der Waals surface area contributed by atoms with Gasteiger partial charge in [-0.15, -0.1) is 0 Å². The fourth-order valence-corrected chi connectivity index (χ4v) is 2.68. The van der Waals surface area contributed by atoms with E-state index in [1.165, 1.54) is 5.56 Å². The van der Waals surface area contributed by atoms with Crippen molar-refractivity contribution in [3.8, 4) is 5.75 Å². The summed E-state index contributed by atoms with van der Waals surface area (Å²) >= 11 is 0. The van der Waals surface area contributed by atoms with Crippen LogP contribution < -0.4 is 10.1 Å². The van der Waals surface area contributed by atoms with Gasteiger partial charge in [0.15, 0.2) is 6.73 Å². The zero-order chi connectivity index (χ0) is 20.1. The summed E-state index contributed by atoms with van der Waals surface area (Å²) in [5, 5.41) is 11.4. The molecule has 3 aromatic rings. The van der Waals surface area contributed by atoms with E-state index in [2.05, 4.69) is 48.4 Å². The number of aryl methyl sites for hydroxylation is 1. The Labute approximate surface area is 165 Å². The van der Waals surface area contributed by atoms with Gasteiger partial charge < -0.3 is 10.1 Å². The van der Waals surface area contributed by atoms with Gasteiger partial charge in [-0.3, -0.25) is 9.48 Å². The molecule has 3 rings (SSSR count). The topological polar surface area (TPSA) is 74.0 Å². The lowest BCUT2D eigenvalue weighted by Gasteiger charge is -2.19. The first-order valence-corrected chi connectivity index (χ1v) is 9.42. The van der Waals surface area contributed by atoms with Crippen LogP contribution in [0, 0.1) is 0 Å². The van der Waals surface area contributed by atoms with Crippen LogP contribution in [0.25, 0.3) is 0 Å². The molecule has 1 aromatic carbocycles. The van der Waals surface area contributed by atoms with Crippen LogP contribution in [0.4, 0.5) is 0 Å². The van der Waals surface area contributed by atoms with Gasteiger partial charge in [0.2, 0.25) is 0 Å². The van der Waals surface area contributed by atoms with Gasteiger partial charge in [0.05, 0.1) is 12.2 Å². The Hall–Kier alpha value is -3.09. The summed E-state index contributed by atoms with van der Waals surface area (Å²) in [5.41, 5.74) is 2.53. The summed E-state index contributed by atoms with van der Waals surface area (Å²) in [7, 11) is 0. The summed E-state index contributed by atoms with van der Waals surface area (Å²) in [6.45, 7) is 9.95. The molecule has 0 unspecified atom stereocenters. The molecule has 0 saturated heterocycles. The minimum absolute atomic E-state index is 0.109. The van der Waals surface area contributed by atoms with E-state index in [0.717, 1.165) is 18.0 Å². The predicted molar refractivity (Wildman–Crippen MR) is 107 cm³/mol. The maximum atomic E-state index is 12.3.